The summed E-state index contributed by atoms with van der Waals surface area (Å²) in [7, 11) is 0. The Hall–Kier alpha value is -2.74. The van der Waals surface area contributed by atoms with Crippen LogP contribution in [0.5, 0.6) is 0 Å². The van der Waals surface area contributed by atoms with Crippen molar-refractivity contribution in [3.63, 3.8) is 0 Å². The minimum atomic E-state index is 0.333. The maximum atomic E-state index is 5.43. The first-order valence-corrected chi connectivity index (χ1v) is 10.2. The Morgan fingerprint density at radius 3 is 2.64 bits per heavy atom. The van der Waals surface area contributed by atoms with Crippen LogP contribution in [0.2, 0.25) is 0 Å². The van der Waals surface area contributed by atoms with E-state index in [0.29, 0.717) is 23.6 Å². The van der Waals surface area contributed by atoms with Gasteiger partial charge in [-0.15, -0.1) is 5.10 Å². The van der Waals surface area contributed by atoms with Crippen LogP contribution in [-0.4, -0.2) is 51.1 Å². The van der Waals surface area contributed by atoms with Crippen LogP contribution in [-0.2, 0) is 0 Å². The molecule has 0 aliphatic carbocycles. The van der Waals surface area contributed by atoms with E-state index in [1.807, 2.05) is 4.68 Å². The Morgan fingerprint density at radius 2 is 1.86 bits per heavy atom. The molecule has 0 radical (unpaired) electrons. The van der Waals surface area contributed by atoms with Crippen LogP contribution in [0.3, 0.4) is 0 Å². The molecule has 2 fully saturated rings. The normalized spacial score (nSPS) is 20.4. The highest BCUT2D eigenvalue weighted by atomic mass is 16.5. The summed E-state index contributed by atoms with van der Waals surface area (Å²) in [6, 6.07) is 8.72. The highest BCUT2D eigenvalue weighted by Gasteiger charge is 2.20. The number of hydrogen-bond donors (Lipinski definition) is 1. The van der Waals surface area contributed by atoms with E-state index < -0.39 is 0 Å². The second-order valence-corrected chi connectivity index (χ2v) is 7.57. The van der Waals surface area contributed by atoms with Gasteiger partial charge >= 0.3 is 0 Å². The van der Waals surface area contributed by atoms with Gasteiger partial charge < -0.3 is 14.7 Å². The van der Waals surface area contributed by atoms with Crippen LogP contribution in [0.15, 0.2) is 35.1 Å². The second-order valence-electron chi connectivity index (χ2n) is 7.57. The first kappa shape index (κ1) is 17.4. The van der Waals surface area contributed by atoms with Crippen molar-refractivity contribution in [1.29, 1.82) is 0 Å². The van der Waals surface area contributed by atoms with E-state index in [4.69, 9.17) is 4.52 Å². The molecule has 2 aliphatic heterocycles. The van der Waals surface area contributed by atoms with Gasteiger partial charge in [0.25, 0.3) is 5.89 Å². The Labute approximate surface area is 164 Å². The lowest BCUT2D eigenvalue weighted by molar-refractivity contribution is 0.345. The quantitative estimate of drug-likeness (QED) is 0.746. The zero-order valence-electron chi connectivity index (χ0n) is 15.9. The van der Waals surface area contributed by atoms with E-state index in [0.717, 1.165) is 44.6 Å². The smallest absolute Gasteiger partial charge is 0.297 e. The van der Waals surface area contributed by atoms with E-state index in [1.165, 1.54) is 24.9 Å². The molecule has 0 spiro atoms. The van der Waals surface area contributed by atoms with Gasteiger partial charge in [-0.3, -0.25) is 0 Å². The molecule has 2 aromatic heterocycles. The molecule has 0 bridgehead atoms. The molecule has 146 valence electrons. The fraction of sp³-hybridized carbons (Fsp3) is 0.500. The van der Waals surface area contributed by atoms with Crippen molar-refractivity contribution >= 4 is 5.69 Å². The Bertz CT molecular complexity index is 905. The molecule has 8 heteroatoms. The molecular weight excluding hydrogens is 354 g/mol. The number of nitrogens with one attached hydrogen (secondary N) is 1. The number of benzene rings is 1. The van der Waals surface area contributed by atoms with Crippen LogP contribution < -0.4 is 10.2 Å². The predicted molar refractivity (Wildman–Crippen MR) is 106 cm³/mol. The van der Waals surface area contributed by atoms with Gasteiger partial charge in [0.2, 0.25) is 11.6 Å². The summed E-state index contributed by atoms with van der Waals surface area (Å²) in [6.07, 6.45) is 7.89. The third-order valence-corrected chi connectivity index (χ3v) is 5.62. The number of nitrogens with zero attached hydrogens (tertiary/aromatic N) is 6. The van der Waals surface area contributed by atoms with Crippen molar-refractivity contribution in [2.45, 2.75) is 38.1 Å². The molecule has 3 aromatic rings. The Kier molecular flexibility index (Phi) is 4.78. The number of rotatable bonds is 4. The number of aromatic nitrogens is 5. The zero-order chi connectivity index (χ0) is 18.8. The summed E-state index contributed by atoms with van der Waals surface area (Å²) >= 11 is 0. The average Bonchev–Trinajstić information content (AvgIpc) is 3.45. The van der Waals surface area contributed by atoms with Gasteiger partial charge in [0.1, 0.15) is 6.33 Å². The third kappa shape index (κ3) is 3.52. The first-order chi connectivity index (χ1) is 13.9. The van der Waals surface area contributed by atoms with Crippen molar-refractivity contribution in [3.05, 3.63) is 30.6 Å². The molecule has 8 nitrogen and oxygen atoms in total. The first-order valence-electron chi connectivity index (χ1n) is 10.2. The fourth-order valence-electron chi connectivity index (χ4n) is 4.01. The summed E-state index contributed by atoms with van der Waals surface area (Å²) in [5.74, 6) is 1.41. The average molecular weight is 379 g/mol. The molecule has 28 heavy (non-hydrogen) atoms. The van der Waals surface area contributed by atoms with Gasteiger partial charge in [-0.25, -0.2) is 9.67 Å². The largest absolute Gasteiger partial charge is 0.372 e. The molecule has 2 saturated heterocycles. The lowest BCUT2D eigenvalue weighted by Crippen LogP contribution is -2.31. The molecule has 1 aromatic carbocycles. The van der Waals surface area contributed by atoms with Gasteiger partial charge in [-0.2, -0.15) is 4.98 Å². The minimum absolute atomic E-state index is 0.333. The van der Waals surface area contributed by atoms with E-state index >= 15 is 0 Å². The molecule has 4 heterocycles. The predicted octanol–water partition coefficient (Wildman–Crippen LogP) is 2.91. The van der Waals surface area contributed by atoms with E-state index in [1.54, 1.807) is 6.33 Å². The highest BCUT2D eigenvalue weighted by molar-refractivity contribution is 5.61. The summed E-state index contributed by atoms with van der Waals surface area (Å²) in [6.45, 7) is 4.26. The molecule has 0 amide bonds. The van der Waals surface area contributed by atoms with Crippen molar-refractivity contribution in [2.24, 2.45) is 0 Å². The SMILES string of the molecule is c1cc(N2CCCCC2)ccc1-c1noc(-c2ncn(C3CCCNC3)n2)n1. The summed E-state index contributed by atoms with van der Waals surface area (Å²) in [5, 5.41) is 12.1. The van der Waals surface area contributed by atoms with Gasteiger partial charge in [0, 0.05) is 30.9 Å². The van der Waals surface area contributed by atoms with Crippen molar-refractivity contribution in [3.8, 4) is 23.1 Å². The zero-order valence-corrected chi connectivity index (χ0v) is 15.9. The van der Waals surface area contributed by atoms with E-state index in [-0.39, 0.29) is 0 Å². The Balaban J connectivity index is 1.31. The number of anilines is 1. The maximum Gasteiger partial charge on any atom is 0.297 e. The van der Waals surface area contributed by atoms with Crippen LogP contribution in [0.1, 0.15) is 38.1 Å². The van der Waals surface area contributed by atoms with Crippen LogP contribution >= 0.6 is 0 Å². The molecular formula is C20H25N7O. The van der Waals surface area contributed by atoms with Gasteiger partial charge in [0.15, 0.2) is 0 Å². The minimum Gasteiger partial charge on any atom is -0.372 e. The van der Waals surface area contributed by atoms with Crippen LogP contribution in [0.25, 0.3) is 23.1 Å². The van der Waals surface area contributed by atoms with Crippen molar-refractivity contribution in [2.75, 3.05) is 31.1 Å². The Morgan fingerprint density at radius 1 is 1.00 bits per heavy atom. The van der Waals surface area contributed by atoms with Crippen molar-refractivity contribution < 1.29 is 4.52 Å². The summed E-state index contributed by atoms with van der Waals surface area (Å²) in [4.78, 5) is 11.3. The fourth-order valence-corrected chi connectivity index (χ4v) is 4.01. The van der Waals surface area contributed by atoms with Crippen LogP contribution in [0, 0.1) is 0 Å². The molecule has 2 aliphatic rings. The second kappa shape index (κ2) is 7.71. The van der Waals surface area contributed by atoms with Gasteiger partial charge in [-0.1, -0.05) is 5.16 Å². The lowest BCUT2D eigenvalue weighted by atomic mass is 10.1. The monoisotopic (exact) mass is 379 g/mol. The number of piperidine rings is 2. The van der Waals surface area contributed by atoms with E-state index in [2.05, 4.69) is 54.7 Å². The maximum absolute atomic E-state index is 5.43. The van der Waals surface area contributed by atoms with E-state index in [9.17, 15) is 0 Å². The molecule has 1 N–H and O–H groups in total. The lowest BCUT2D eigenvalue weighted by Gasteiger charge is -2.28. The molecule has 1 unspecified atom stereocenters. The summed E-state index contributed by atoms with van der Waals surface area (Å²) < 4.78 is 7.33. The topological polar surface area (TPSA) is 84.9 Å². The highest BCUT2D eigenvalue weighted by Crippen LogP contribution is 2.25. The molecule has 1 atom stereocenters. The summed E-state index contributed by atoms with van der Waals surface area (Å²) in [5.41, 5.74) is 2.19. The standard InChI is InChI=1S/C20H25N7O/c1-2-11-26(12-3-1)16-8-6-15(7-9-16)18-23-20(28-25-18)19-22-14-27(24-19)17-5-4-10-21-13-17/h6-9,14,17,21H,1-5,10-13H2. The van der Waals surface area contributed by atoms with Crippen LogP contribution in [0.4, 0.5) is 5.69 Å². The third-order valence-electron chi connectivity index (χ3n) is 5.62. The molecule has 0 saturated carbocycles. The number of hydrogen-bond acceptors (Lipinski definition) is 7. The molecule has 5 rings (SSSR count). The van der Waals surface area contributed by atoms with Gasteiger partial charge in [-0.05, 0) is 62.9 Å². The van der Waals surface area contributed by atoms with Gasteiger partial charge in [0.05, 0.1) is 6.04 Å². The van der Waals surface area contributed by atoms with Crippen molar-refractivity contribution in [1.82, 2.24) is 30.2 Å².